The summed E-state index contributed by atoms with van der Waals surface area (Å²) >= 11 is 0. The number of carbonyl (C=O) groups excluding carboxylic acids is 2. The number of benzene rings is 1. The monoisotopic (exact) mass is 279 g/mol. The number of aromatic hydroxyl groups is 1. The van der Waals surface area contributed by atoms with Crippen molar-refractivity contribution in [1.29, 1.82) is 0 Å². The highest BCUT2D eigenvalue weighted by Gasteiger charge is 2.24. The second-order valence-electron chi connectivity index (χ2n) is 5.81. The van der Waals surface area contributed by atoms with Gasteiger partial charge in [-0.25, -0.2) is 4.79 Å². The number of esters is 1. The molecule has 1 aromatic rings. The molecule has 0 aromatic heterocycles. The van der Waals surface area contributed by atoms with E-state index in [1.54, 1.807) is 13.0 Å². The molecule has 1 unspecified atom stereocenters. The smallest absolute Gasteiger partial charge is 0.342 e. The SMILES string of the molecule is Cc1ccc(O)c(C(=O)OC(C)C(=O)NC(C)(C)C)c1. The Hall–Kier alpha value is -2.04. The van der Waals surface area contributed by atoms with Gasteiger partial charge in [-0.05, 0) is 46.8 Å². The predicted molar refractivity (Wildman–Crippen MR) is 75.6 cm³/mol. The van der Waals surface area contributed by atoms with E-state index in [0.29, 0.717) is 0 Å². The molecule has 110 valence electrons. The molecule has 0 fully saturated rings. The van der Waals surface area contributed by atoms with Crippen molar-refractivity contribution in [2.75, 3.05) is 0 Å². The zero-order chi connectivity index (χ0) is 15.5. The fourth-order valence-corrected chi connectivity index (χ4v) is 1.56. The molecule has 1 amide bonds. The standard InChI is InChI=1S/C15H21NO4/c1-9-6-7-12(17)11(8-9)14(19)20-10(2)13(18)16-15(3,4)5/h6-8,10,17H,1-5H3,(H,16,18). The van der Waals surface area contributed by atoms with Crippen LogP contribution in [-0.4, -0.2) is 28.6 Å². The molecule has 1 aromatic carbocycles. The molecule has 0 radical (unpaired) electrons. The molecule has 0 bridgehead atoms. The Morgan fingerprint density at radius 1 is 1.30 bits per heavy atom. The molecule has 0 spiro atoms. The van der Waals surface area contributed by atoms with Gasteiger partial charge >= 0.3 is 5.97 Å². The molecule has 0 saturated heterocycles. The fourth-order valence-electron chi connectivity index (χ4n) is 1.56. The van der Waals surface area contributed by atoms with Crippen LogP contribution < -0.4 is 5.32 Å². The lowest BCUT2D eigenvalue weighted by molar-refractivity contribution is -0.130. The van der Waals surface area contributed by atoms with E-state index < -0.39 is 17.6 Å². The Bertz CT molecular complexity index is 517. The van der Waals surface area contributed by atoms with Crippen molar-refractivity contribution in [3.63, 3.8) is 0 Å². The van der Waals surface area contributed by atoms with Crippen LogP contribution in [0.1, 0.15) is 43.6 Å². The van der Waals surface area contributed by atoms with Gasteiger partial charge < -0.3 is 15.2 Å². The Morgan fingerprint density at radius 2 is 1.90 bits per heavy atom. The minimum atomic E-state index is -0.929. The summed E-state index contributed by atoms with van der Waals surface area (Å²) in [5.41, 5.74) is 0.477. The van der Waals surface area contributed by atoms with Gasteiger partial charge in [0.2, 0.25) is 0 Å². The molecular formula is C15H21NO4. The highest BCUT2D eigenvalue weighted by Crippen LogP contribution is 2.19. The van der Waals surface area contributed by atoms with Crippen molar-refractivity contribution in [2.45, 2.75) is 46.3 Å². The molecule has 0 aliphatic heterocycles. The van der Waals surface area contributed by atoms with Crippen LogP contribution in [0, 0.1) is 6.92 Å². The first-order chi connectivity index (χ1) is 9.10. The third-order valence-electron chi connectivity index (χ3n) is 2.52. The lowest BCUT2D eigenvalue weighted by Crippen LogP contribution is -2.46. The van der Waals surface area contributed by atoms with E-state index >= 15 is 0 Å². The van der Waals surface area contributed by atoms with Crippen LogP contribution in [0.25, 0.3) is 0 Å². The average molecular weight is 279 g/mol. The number of hydrogen-bond acceptors (Lipinski definition) is 4. The molecule has 1 atom stereocenters. The molecule has 0 aliphatic carbocycles. The highest BCUT2D eigenvalue weighted by molar-refractivity contribution is 5.94. The molecule has 0 saturated carbocycles. The van der Waals surface area contributed by atoms with Gasteiger partial charge in [0.25, 0.3) is 5.91 Å². The quantitative estimate of drug-likeness (QED) is 0.831. The van der Waals surface area contributed by atoms with E-state index in [0.717, 1.165) is 5.56 Å². The summed E-state index contributed by atoms with van der Waals surface area (Å²) in [7, 11) is 0. The molecule has 20 heavy (non-hydrogen) atoms. The number of nitrogens with one attached hydrogen (secondary N) is 1. The first-order valence-corrected chi connectivity index (χ1v) is 6.43. The van der Waals surface area contributed by atoms with Crippen molar-refractivity contribution in [3.05, 3.63) is 29.3 Å². The molecule has 0 heterocycles. The third-order valence-corrected chi connectivity index (χ3v) is 2.52. The summed E-state index contributed by atoms with van der Waals surface area (Å²) < 4.78 is 5.07. The number of ether oxygens (including phenoxy) is 1. The predicted octanol–water partition coefficient (Wildman–Crippen LogP) is 2.16. The lowest BCUT2D eigenvalue weighted by atomic mass is 10.1. The number of rotatable bonds is 3. The van der Waals surface area contributed by atoms with Crippen LogP contribution in [0.4, 0.5) is 0 Å². The summed E-state index contributed by atoms with van der Waals surface area (Å²) in [4.78, 5) is 23.8. The Labute approximate surface area is 118 Å². The lowest BCUT2D eigenvalue weighted by Gasteiger charge is -2.23. The van der Waals surface area contributed by atoms with Crippen molar-refractivity contribution < 1.29 is 19.4 Å². The normalized spacial score (nSPS) is 12.7. The molecule has 5 nitrogen and oxygen atoms in total. The van der Waals surface area contributed by atoms with E-state index in [2.05, 4.69) is 5.32 Å². The van der Waals surface area contributed by atoms with Gasteiger partial charge in [-0.1, -0.05) is 11.6 Å². The van der Waals surface area contributed by atoms with Crippen molar-refractivity contribution in [3.8, 4) is 5.75 Å². The van der Waals surface area contributed by atoms with Crippen molar-refractivity contribution in [1.82, 2.24) is 5.32 Å². The van der Waals surface area contributed by atoms with Crippen LogP contribution in [0.15, 0.2) is 18.2 Å². The summed E-state index contributed by atoms with van der Waals surface area (Å²) in [5.74, 6) is -1.26. The van der Waals surface area contributed by atoms with Gasteiger partial charge in [0.1, 0.15) is 11.3 Å². The molecule has 5 heteroatoms. The maximum atomic E-state index is 11.9. The first-order valence-electron chi connectivity index (χ1n) is 6.43. The van der Waals surface area contributed by atoms with Gasteiger partial charge in [-0.2, -0.15) is 0 Å². The summed E-state index contributed by atoms with van der Waals surface area (Å²) in [6.07, 6.45) is -0.929. The number of phenolic OH excluding ortho intramolecular Hbond substituents is 1. The Balaban J connectivity index is 2.75. The van der Waals surface area contributed by atoms with Crippen LogP contribution >= 0.6 is 0 Å². The van der Waals surface area contributed by atoms with Crippen LogP contribution in [-0.2, 0) is 9.53 Å². The summed E-state index contributed by atoms with van der Waals surface area (Å²) in [6.45, 7) is 8.81. The van der Waals surface area contributed by atoms with Crippen LogP contribution in [0.2, 0.25) is 0 Å². The second-order valence-corrected chi connectivity index (χ2v) is 5.81. The Kier molecular flexibility index (Phi) is 4.76. The number of carbonyl (C=O) groups is 2. The number of amides is 1. The topological polar surface area (TPSA) is 75.6 Å². The maximum Gasteiger partial charge on any atom is 0.342 e. The van der Waals surface area contributed by atoms with E-state index in [9.17, 15) is 14.7 Å². The second kappa shape index (κ2) is 5.94. The summed E-state index contributed by atoms with van der Waals surface area (Å²) in [6, 6.07) is 4.62. The molecule has 2 N–H and O–H groups in total. The van der Waals surface area contributed by atoms with E-state index in [1.807, 2.05) is 20.8 Å². The zero-order valence-corrected chi connectivity index (χ0v) is 12.5. The Morgan fingerprint density at radius 3 is 2.45 bits per heavy atom. The maximum absolute atomic E-state index is 11.9. The van der Waals surface area contributed by atoms with Crippen molar-refractivity contribution in [2.24, 2.45) is 0 Å². The molecular weight excluding hydrogens is 258 g/mol. The highest BCUT2D eigenvalue weighted by atomic mass is 16.5. The minimum Gasteiger partial charge on any atom is -0.507 e. The van der Waals surface area contributed by atoms with Gasteiger partial charge in [-0.15, -0.1) is 0 Å². The average Bonchev–Trinajstić information content (AvgIpc) is 2.29. The van der Waals surface area contributed by atoms with E-state index in [-0.39, 0.29) is 17.2 Å². The zero-order valence-electron chi connectivity index (χ0n) is 12.5. The van der Waals surface area contributed by atoms with Gasteiger partial charge in [-0.3, -0.25) is 4.79 Å². The molecule has 0 aliphatic rings. The van der Waals surface area contributed by atoms with Crippen molar-refractivity contribution >= 4 is 11.9 Å². The number of hydrogen-bond donors (Lipinski definition) is 2. The van der Waals surface area contributed by atoms with Gasteiger partial charge in [0.15, 0.2) is 6.10 Å². The minimum absolute atomic E-state index is 0.0559. The van der Waals surface area contributed by atoms with Gasteiger partial charge in [0, 0.05) is 5.54 Å². The number of phenols is 1. The summed E-state index contributed by atoms with van der Waals surface area (Å²) in [5, 5.41) is 12.4. The van der Waals surface area contributed by atoms with Crippen LogP contribution in [0.5, 0.6) is 5.75 Å². The van der Waals surface area contributed by atoms with Gasteiger partial charge in [0.05, 0.1) is 0 Å². The third kappa shape index (κ3) is 4.57. The molecule has 1 rings (SSSR count). The largest absolute Gasteiger partial charge is 0.507 e. The fraction of sp³-hybridized carbons (Fsp3) is 0.467. The van der Waals surface area contributed by atoms with E-state index in [4.69, 9.17) is 4.74 Å². The van der Waals surface area contributed by atoms with E-state index in [1.165, 1.54) is 19.1 Å². The number of aryl methyl sites for hydroxylation is 1. The van der Waals surface area contributed by atoms with Crippen LogP contribution in [0.3, 0.4) is 0 Å². The first kappa shape index (κ1) is 16.0.